The third-order valence-electron chi connectivity index (χ3n) is 3.70. The van der Waals surface area contributed by atoms with Gasteiger partial charge >= 0.3 is 5.97 Å². The number of ether oxygens (including phenoxy) is 1. The molecule has 23 heavy (non-hydrogen) atoms. The molecule has 0 amide bonds. The van der Waals surface area contributed by atoms with Crippen molar-refractivity contribution in [1.29, 1.82) is 0 Å². The van der Waals surface area contributed by atoms with E-state index in [2.05, 4.69) is 27.6 Å². The van der Waals surface area contributed by atoms with Crippen molar-refractivity contribution >= 4 is 39.5 Å². The van der Waals surface area contributed by atoms with Gasteiger partial charge in [-0.15, -0.1) is 0 Å². The van der Waals surface area contributed by atoms with Crippen LogP contribution in [0.5, 0.6) is 0 Å². The van der Waals surface area contributed by atoms with Gasteiger partial charge in [0.05, 0.1) is 18.2 Å². The molecule has 3 rings (SSSR count). The maximum Gasteiger partial charge on any atom is 0.337 e. The molecule has 0 radical (unpaired) electrons. The van der Waals surface area contributed by atoms with Crippen LogP contribution in [-0.4, -0.2) is 18.1 Å². The molecule has 0 aliphatic heterocycles. The van der Waals surface area contributed by atoms with Gasteiger partial charge < -0.3 is 4.74 Å². The van der Waals surface area contributed by atoms with E-state index in [1.807, 2.05) is 6.92 Å². The molecule has 0 aliphatic carbocycles. The Hall–Kier alpha value is -2.02. The highest BCUT2D eigenvalue weighted by Gasteiger charge is 2.14. The van der Waals surface area contributed by atoms with E-state index in [0.29, 0.717) is 5.56 Å². The van der Waals surface area contributed by atoms with E-state index in [9.17, 15) is 9.18 Å². The third-order valence-corrected chi connectivity index (χ3v) is 4.52. The highest BCUT2D eigenvalue weighted by Crippen LogP contribution is 2.34. The Bertz CT molecular complexity index is 924. The van der Waals surface area contributed by atoms with Crippen LogP contribution < -0.4 is 0 Å². The van der Waals surface area contributed by atoms with Crippen molar-refractivity contribution in [2.75, 3.05) is 7.11 Å². The van der Waals surface area contributed by atoms with Crippen LogP contribution in [0.4, 0.5) is 4.39 Å². The SMILES string of the molecule is COC(=O)c1ccc2ncc(I)c(-c3ccc(F)cc3C)c2c1. The molecular formula is C18H13FINO2. The van der Waals surface area contributed by atoms with Crippen LogP contribution in [0.25, 0.3) is 22.0 Å². The van der Waals surface area contributed by atoms with E-state index in [1.54, 1.807) is 30.5 Å². The summed E-state index contributed by atoms with van der Waals surface area (Å²) in [5.41, 5.74) is 3.93. The summed E-state index contributed by atoms with van der Waals surface area (Å²) in [5.74, 6) is -0.664. The Balaban J connectivity index is 2.33. The molecule has 0 saturated heterocycles. The Morgan fingerprint density at radius 1 is 1.22 bits per heavy atom. The average Bonchev–Trinajstić information content (AvgIpc) is 2.54. The zero-order chi connectivity index (χ0) is 16.6. The number of carbonyl (C=O) groups excluding carboxylic acids is 1. The highest BCUT2D eigenvalue weighted by atomic mass is 127. The smallest absolute Gasteiger partial charge is 0.337 e. The van der Waals surface area contributed by atoms with Crippen molar-refractivity contribution < 1.29 is 13.9 Å². The second-order valence-corrected chi connectivity index (χ2v) is 6.33. The van der Waals surface area contributed by atoms with Gasteiger partial charge in [-0.05, 0) is 71.0 Å². The van der Waals surface area contributed by atoms with E-state index >= 15 is 0 Å². The van der Waals surface area contributed by atoms with Gasteiger partial charge in [0.2, 0.25) is 0 Å². The zero-order valence-electron chi connectivity index (χ0n) is 12.6. The molecular weight excluding hydrogens is 408 g/mol. The van der Waals surface area contributed by atoms with E-state index in [-0.39, 0.29) is 5.82 Å². The maximum atomic E-state index is 13.4. The number of hydrogen-bond acceptors (Lipinski definition) is 3. The lowest BCUT2D eigenvalue weighted by atomic mass is 9.96. The number of esters is 1. The fraction of sp³-hybridized carbons (Fsp3) is 0.111. The highest BCUT2D eigenvalue weighted by molar-refractivity contribution is 14.1. The normalized spacial score (nSPS) is 10.8. The largest absolute Gasteiger partial charge is 0.465 e. The third kappa shape index (κ3) is 2.93. The molecule has 0 N–H and O–H groups in total. The molecule has 0 spiro atoms. The number of benzene rings is 2. The second-order valence-electron chi connectivity index (χ2n) is 5.16. The van der Waals surface area contributed by atoms with Gasteiger partial charge in [0.25, 0.3) is 0 Å². The number of aryl methyl sites for hydroxylation is 1. The first kappa shape index (κ1) is 15.9. The first-order valence-corrected chi connectivity index (χ1v) is 8.02. The van der Waals surface area contributed by atoms with Gasteiger partial charge in [-0.3, -0.25) is 4.98 Å². The van der Waals surface area contributed by atoms with Crippen LogP contribution in [0, 0.1) is 16.3 Å². The number of halogens is 2. The lowest BCUT2D eigenvalue weighted by Crippen LogP contribution is -2.01. The fourth-order valence-electron chi connectivity index (χ4n) is 2.59. The number of fused-ring (bicyclic) bond motifs is 1. The number of methoxy groups -OCH3 is 1. The molecule has 0 fully saturated rings. The van der Waals surface area contributed by atoms with Crippen molar-refractivity contribution in [2.24, 2.45) is 0 Å². The minimum Gasteiger partial charge on any atom is -0.465 e. The maximum absolute atomic E-state index is 13.4. The summed E-state index contributed by atoms with van der Waals surface area (Å²) in [7, 11) is 1.35. The molecule has 2 aromatic carbocycles. The van der Waals surface area contributed by atoms with Crippen molar-refractivity contribution in [3.63, 3.8) is 0 Å². The molecule has 5 heteroatoms. The van der Waals surface area contributed by atoms with Crippen molar-refractivity contribution in [3.8, 4) is 11.1 Å². The average molecular weight is 421 g/mol. The van der Waals surface area contributed by atoms with Crippen LogP contribution in [0.1, 0.15) is 15.9 Å². The quantitative estimate of drug-likeness (QED) is 0.443. The molecule has 1 aromatic heterocycles. The molecule has 0 atom stereocenters. The summed E-state index contributed by atoms with van der Waals surface area (Å²) in [6.07, 6.45) is 1.78. The topological polar surface area (TPSA) is 39.2 Å². The van der Waals surface area contributed by atoms with Gasteiger partial charge in [0, 0.05) is 20.7 Å². The van der Waals surface area contributed by atoms with Crippen LogP contribution in [0.2, 0.25) is 0 Å². The first-order chi connectivity index (χ1) is 11.0. The number of carbonyl (C=O) groups is 1. The van der Waals surface area contributed by atoms with Crippen molar-refractivity contribution in [1.82, 2.24) is 4.98 Å². The molecule has 1 heterocycles. The van der Waals surface area contributed by atoms with Crippen molar-refractivity contribution in [2.45, 2.75) is 6.92 Å². The molecule has 0 unspecified atom stereocenters. The van der Waals surface area contributed by atoms with E-state index in [4.69, 9.17) is 4.74 Å². The summed E-state index contributed by atoms with van der Waals surface area (Å²) in [5, 5.41) is 0.842. The molecule has 3 nitrogen and oxygen atoms in total. The van der Waals surface area contributed by atoms with Gasteiger partial charge in [0.1, 0.15) is 5.82 Å². The number of pyridine rings is 1. The first-order valence-electron chi connectivity index (χ1n) is 6.94. The standard InChI is InChI=1S/C18H13FINO2/c1-10-7-12(19)4-5-13(10)17-14-8-11(18(22)23-2)3-6-16(14)21-9-15(17)20/h3-9H,1-2H3. The van der Waals surface area contributed by atoms with Gasteiger partial charge in [-0.2, -0.15) is 0 Å². The second kappa shape index (κ2) is 6.23. The number of aromatic nitrogens is 1. The lowest BCUT2D eigenvalue weighted by molar-refractivity contribution is 0.0601. The van der Waals surface area contributed by atoms with E-state index in [0.717, 1.165) is 31.2 Å². The molecule has 0 bridgehead atoms. The predicted octanol–water partition coefficient (Wildman–Crippen LogP) is 4.74. The van der Waals surface area contributed by atoms with Gasteiger partial charge in [0.15, 0.2) is 0 Å². The number of hydrogen-bond donors (Lipinski definition) is 0. The van der Waals surface area contributed by atoms with E-state index in [1.165, 1.54) is 19.2 Å². The van der Waals surface area contributed by atoms with Crippen LogP contribution >= 0.6 is 22.6 Å². The minimum atomic E-state index is -0.396. The Morgan fingerprint density at radius 2 is 2.00 bits per heavy atom. The summed E-state index contributed by atoms with van der Waals surface area (Å²) >= 11 is 2.20. The lowest BCUT2D eigenvalue weighted by Gasteiger charge is -2.12. The molecule has 116 valence electrons. The summed E-state index contributed by atoms with van der Waals surface area (Å²) in [6, 6.07) is 9.95. The summed E-state index contributed by atoms with van der Waals surface area (Å²) in [6.45, 7) is 1.87. The van der Waals surface area contributed by atoms with E-state index < -0.39 is 5.97 Å². The summed E-state index contributed by atoms with van der Waals surface area (Å²) in [4.78, 5) is 16.2. The molecule has 3 aromatic rings. The molecule has 0 saturated carbocycles. The fourth-order valence-corrected chi connectivity index (χ4v) is 3.31. The van der Waals surface area contributed by atoms with Gasteiger partial charge in [-0.1, -0.05) is 6.07 Å². The minimum absolute atomic E-state index is 0.269. The van der Waals surface area contributed by atoms with Crippen LogP contribution in [0.15, 0.2) is 42.6 Å². The number of nitrogens with zero attached hydrogens (tertiary/aromatic N) is 1. The number of rotatable bonds is 2. The van der Waals surface area contributed by atoms with Crippen LogP contribution in [0.3, 0.4) is 0 Å². The Morgan fingerprint density at radius 3 is 2.70 bits per heavy atom. The van der Waals surface area contributed by atoms with Crippen LogP contribution in [-0.2, 0) is 4.74 Å². The predicted molar refractivity (Wildman–Crippen MR) is 95.9 cm³/mol. The van der Waals surface area contributed by atoms with Gasteiger partial charge in [-0.25, -0.2) is 9.18 Å². The monoisotopic (exact) mass is 421 g/mol. The van der Waals surface area contributed by atoms with Crippen molar-refractivity contribution in [3.05, 3.63) is 63.1 Å². The Kier molecular flexibility index (Phi) is 4.30. The Labute approximate surface area is 146 Å². The molecule has 0 aliphatic rings. The zero-order valence-corrected chi connectivity index (χ0v) is 14.7. The summed E-state index contributed by atoms with van der Waals surface area (Å²) < 4.78 is 19.1.